The first kappa shape index (κ1) is 37.6. The number of aliphatic hydroxyl groups is 1. The molecule has 5 aromatic rings. The van der Waals surface area contributed by atoms with Crippen LogP contribution in [-0.2, 0) is 45.3 Å². The van der Waals surface area contributed by atoms with Gasteiger partial charge in [-0.2, -0.15) is 0 Å². The van der Waals surface area contributed by atoms with E-state index in [9.17, 15) is 14.7 Å². The summed E-state index contributed by atoms with van der Waals surface area (Å²) in [5.74, 6) is -1.02. The zero-order chi connectivity index (χ0) is 37.0. The molecule has 4 atom stereocenters. The number of hydrogen-bond acceptors (Lipinski definition) is 6. The molecule has 0 unspecified atom stereocenters. The van der Waals surface area contributed by atoms with Gasteiger partial charge in [0, 0.05) is 50.5 Å². The average Bonchev–Trinajstić information content (AvgIpc) is 3.19. The molecular formula is C45H48N2O6. The molecule has 1 aliphatic rings. The Hall–Kier alpha value is -5.12. The van der Waals surface area contributed by atoms with Crippen molar-refractivity contribution in [1.82, 2.24) is 10.2 Å². The second-order valence-corrected chi connectivity index (χ2v) is 13.8. The van der Waals surface area contributed by atoms with Crippen molar-refractivity contribution in [3.8, 4) is 11.1 Å². The van der Waals surface area contributed by atoms with Gasteiger partial charge in [0.15, 0.2) is 6.29 Å². The lowest BCUT2D eigenvalue weighted by Gasteiger charge is -2.43. The first-order valence-electron chi connectivity index (χ1n) is 18.3. The van der Waals surface area contributed by atoms with Crippen LogP contribution in [0.2, 0.25) is 0 Å². The Morgan fingerprint density at radius 2 is 1.30 bits per heavy atom. The quantitative estimate of drug-likeness (QED) is 0.0947. The number of amides is 1. The minimum Gasteiger partial charge on any atom is -0.481 e. The fraction of sp³-hybridized carbons (Fsp3) is 0.289. The summed E-state index contributed by atoms with van der Waals surface area (Å²) in [6.45, 7) is 4.83. The number of carboxylic acid groups (broad SMARTS) is 1. The van der Waals surface area contributed by atoms with Gasteiger partial charge in [0.2, 0.25) is 5.91 Å². The second-order valence-electron chi connectivity index (χ2n) is 13.8. The molecule has 274 valence electrons. The number of carbonyl (C=O) groups is 2. The summed E-state index contributed by atoms with van der Waals surface area (Å²) in [7, 11) is 0. The van der Waals surface area contributed by atoms with Crippen LogP contribution in [0.1, 0.15) is 72.0 Å². The Labute approximate surface area is 312 Å². The van der Waals surface area contributed by atoms with Crippen LogP contribution in [0.5, 0.6) is 0 Å². The van der Waals surface area contributed by atoms with Crippen LogP contribution in [0.25, 0.3) is 11.1 Å². The van der Waals surface area contributed by atoms with E-state index in [1.807, 2.05) is 54.6 Å². The molecule has 1 aliphatic heterocycles. The van der Waals surface area contributed by atoms with E-state index in [4.69, 9.17) is 14.6 Å². The molecule has 8 nitrogen and oxygen atoms in total. The van der Waals surface area contributed by atoms with Crippen LogP contribution in [0, 0.1) is 5.92 Å². The van der Waals surface area contributed by atoms with Crippen LogP contribution >= 0.6 is 0 Å². The largest absolute Gasteiger partial charge is 0.481 e. The number of ether oxygens (including phenoxy) is 2. The van der Waals surface area contributed by atoms with Gasteiger partial charge < -0.3 is 25.0 Å². The first-order chi connectivity index (χ1) is 25.8. The van der Waals surface area contributed by atoms with Crippen LogP contribution in [0.3, 0.4) is 0 Å². The zero-order valence-electron chi connectivity index (χ0n) is 30.1. The third-order valence-electron chi connectivity index (χ3n) is 9.79. The number of benzene rings is 5. The van der Waals surface area contributed by atoms with Crippen molar-refractivity contribution in [2.24, 2.45) is 5.92 Å². The zero-order valence-corrected chi connectivity index (χ0v) is 30.1. The molecule has 0 aliphatic carbocycles. The van der Waals surface area contributed by atoms with Crippen molar-refractivity contribution < 1.29 is 29.3 Å². The van der Waals surface area contributed by atoms with Gasteiger partial charge in [-0.15, -0.1) is 0 Å². The molecule has 3 N–H and O–H groups in total. The van der Waals surface area contributed by atoms with E-state index in [0.29, 0.717) is 19.5 Å². The highest BCUT2D eigenvalue weighted by molar-refractivity contribution is 5.76. The van der Waals surface area contributed by atoms with Gasteiger partial charge in [-0.05, 0) is 51.4 Å². The number of hydrogen-bond donors (Lipinski definition) is 3. The molecule has 8 heteroatoms. The Bertz CT molecular complexity index is 1860. The molecule has 1 heterocycles. The van der Waals surface area contributed by atoms with Crippen LogP contribution < -0.4 is 5.32 Å². The Balaban J connectivity index is 1.21. The summed E-state index contributed by atoms with van der Waals surface area (Å²) in [5.41, 5.74) is 8.32. The molecule has 0 spiro atoms. The number of aliphatic carboxylic acids is 1. The summed E-state index contributed by atoms with van der Waals surface area (Å²) < 4.78 is 13.6. The van der Waals surface area contributed by atoms with Crippen LogP contribution in [0.15, 0.2) is 133 Å². The fourth-order valence-corrected chi connectivity index (χ4v) is 6.83. The third kappa shape index (κ3) is 10.7. The normalized spacial score (nSPS) is 18.5. The monoisotopic (exact) mass is 712 g/mol. The van der Waals surface area contributed by atoms with Gasteiger partial charge in [0.25, 0.3) is 0 Å². The SMILES string of the molecule is C[C@H]1[C@@H](CN(Cc2ccccc2)Cc2ccccc2)O[C@@H](c2ccc(-c3cccc(CNC(=O)CCCC(=O)O)c3)cc2)O[C@H]1c1ccc(CO)cc1. The van der Waals surface area contributed by atoms with Crippen molar-refractivity contribution >= 4 is 11.9 Å². The van der Waals surface area contributed by atoms with E-state index in [1.54, 1.807) is 0 Å². The highest BCUT2D eigenvalue weighted by atomic mass is 16.7. The smallest absolute Gasteiger partial charge is 0.303 e. The van der Waals surface area contributed by atoms with E-state index in [-0.39, 0.29) is 43.5 Å². The summed E-state index contributed by atoms with van der Waals surface area (Å²) in [5, 5.41) is 21.4. The van der Waals surface area contributed by atoms with Gasteiger partial charge in [-0.25, -0.2) is 0 Å². The molecule has 0 radical (unpaired) electrons. The maximum absolute atomic E-state index is 12.2. The van der Waals surface area contributed by atoms with Crippen molar-refractivity contribution in [2.75, 3.05) is 6.54 Å². The molecule has 1 fully saturated rings. The van der Waals surface area contributed by atoms with E-state index >= 15 is 0 Å². The number of rotatable bonds is 16. The van der Waals surface area contributed by atoms with Gasteiger partial charge in [-0.1, -0.05) is 134 Å². The number of nitrogens with one attached hydrogen (secondary N) is 1. The maximum atomic E-state index is 12.2. The minimum absolute atomic E-state index is 0.0118. The number of carbonyl (C=O) groups excluding carboxylic acids is 1. The van der Waals surface area contributed by atoms with Gasteiger partial charge in [-0.3, -0.25) is 14.5 Å². The lowest BCUT2D eigenvalue weighted by molar-refractivity contribution is -0.276. The van der Waals surface area contributed by atoms with Crippen LogP contribution in [0.4, 0.5) is 0 Å². The third-order valence-corrected chi connectivity index (χ3v) is 9.79. The fourth-order valence-electron chi connectivity index (χ4n) is 6.83. The number of aliphatic hydroxyl groups excluding tert-OH is 1. The standard InChI is InChI=1S/C45H48N2O6/c1-32-41(30-47(28-33-10-4-2-5-11-33)29-34-12-6-3-7-13-34)52-45(53-44(32)38-20-18-35(31-48)19-21-38)39-24-22-37(23-25-39)40-15-8-14-36(26-40)27-46-42(49)16-9-17-43(50)51/h2-8,10-15,18-26,32,41,44-45,48H,9,16-17,27-31H2,1H3,(H,46,49)(H,50,51)/t32-,41+,44+,45+/m0/s1. The van der Waals surface area contributed by atoms with Crippen molar-refractivity contribution in [2.45, 2.75) is 70.9 Å². The molecular weight excluding hydrogens is 665 g/mol. The second kappa shape index (κ2) is 18.6. The molecule has 53 heavy (non-hydrogen) atoms. The number of nitrogens with zero attached hydrogens (tertiary/aromatic N) is 1. The van der Waals surface area contributed by atoms with Crippen LogP contribution in [-0.4, -0.2) is 39.6 Å². The van der Waals surface area contributed by atoms with Gasteiger partial charge >= 0.3 is 5.97 Å². The lowest BCUT2D eigenvalue weighted by Crippen LogP contribution is -2.44. The Morgan fingerprint density at radius 1 is 0.679 bits per heavy atom. The first-order valence-corrected chi connectivity index (χ1v) is 18.3. The van der Waals surface area contributed by atoms with E-state index in [1.165, 1.54) is 11.1 Å². The summed E-state index contributed by atoms with van der Waals surface area (Å²) in [6, 6.07) is 45.4. The molecule has 0 bridgehead atoms. The highest BCUT2D eigenvalue weighted by Gasteiger charge is 2.39. The van der Waals surface area contributed by atoms with Crippen molar-refractivity contribution in [3.63, 3.8) is 0 Å². The highest BCUT2D eigenvalue weighted by Crippen LogP contribution is 2.42. The maximum Gasteiger partial charge on any atom is 0.303 e. The molecule has 6 rings (SSSR count). The van der Waals surface area contributed by atoms with Crippen molar-refractivity contribution in [1.29, 1.82) is 0 Å². The van der Waals surface area contributed by atoms with E-state index in [0.717, 1.165) is 46.5 Å². The molecule has 0 aromatic heterocycles. The number of carboxylic acids is 1. The Morgan fingerprint density at radius 3 is 1.92 bits per heavy atom. The molecule has 0 saturated carbocycles. The molecule has 1 amide bonds. The summed E-state index contributed by atoms with van der Waals surface area (Å²) in [4.78, 5) is 25.4. The minimum atomic E-state index is -0.898. The van der Waals surface area contributed by atoms with Gasteiger partial charge in [0.05, 0.1) is 18.8 Å². The average molecular weight is 713 g/mol. The molecule has 5 aromatic carbocycles. The lowest BCUT2D eigenvalue weighted by atomic mass is 9.89. The summed E-state index contributed by atoms with van der Waals surface area (Å²) in [6.07, 6.45) is -0.472. The Kier molecular flexibility index (Phi) is 13.2. The summed E-state index contributed by atoms with van der Waals surface area (Å²) >= 11 is 0. The van der Waals surface area contributed by atoms with E-state index < -0.39 is 12.3 Å². The molecule has 1 saturated heterocycles. The predicted octanol–water partition coefficient (Wildman–Crippen LogP) is 8.21. The predicted molar refractivity (Wildman–Crippen MR) is 205 cm³/mol. The van der Waals surface area contributed by atoms with Gasteiger partial charge in [0.1, 0.15) is 0 Å². The van der Waals surface area contributed by atoms with E-state index in [2.05, 4.69) is 96.0 Å². The van der Waals surface area contributed by atoms with Crippen molar-refractivity contribution in [3.05, 3.63) is 167 Å². The topological polar surface area (TPSA) is 108 Å².